The van der Waals surface area contributed by atoms with Crippen LogP contribution < -0.4 is 19.5 Å². The Morgan fingerprint density at radius 1 is 1.03 bits per heavy atom. The van der Waals surface area contributed by atoms with Gasteiger partial charge in [0, 0.05) is 23.3 Å². The standard InChI is InChI=1S/C27H30N4O4/c1-15-9-7-8-10-17(15)25-29-26-28-18-13-27(2,3)14-19(32)22(18)23(31(26)30-25)16-11-20(33-4)24(35-6)21(12-16)34-5/h7-12,23H,13-14H2,1-6H3,(H,28,29,30). The highest BCUT2D eigenvalue weighted by Crippen LogP contribution is 2.48. The number of carbonyl (C=O) groups is 1. The highest BCUT2D eigenvalue weighted by atomic mass is 16.5. The lowest BCUT2D eigenvalue weighted by atomic mass is 9.73. The van der Waals surface area contributed by atoms with Gasteiger partial charge in [-0.3, -0.25) is 4.79 Å². The SMILES string of the molecule is COc1cc(C2C3=C(CC(C)(C)CC3=O)Nc3nc(-c4ccccc4C)nn32)cc(OC)c1OC. The van der Waals surface area contributed by atoms with Crippen LogP contribution in [0.3, 0.4) is 0 Å². The minimum atomic E-state index is -0.483. The topological polar surface area (TPSA) is 87.5 Å². The molecule has 3 aromatic rings. The van der Waals surface area contributed by atoms with Crippen LogP contribution in [0.15, 0.2) is 47.7 Å². The summed E-state index contributed by atoms with van der Waals surface area (Å²) in [6.45, 7) is 6.26. The molecule has 0 saturated heterocycles. The Balaban J connectivity index is 1.74. The number of aromatic nitrogens is 3. The van der Waals surface area contributed by atoms with E-state index in [4.69, 9.17) is 24.3 Å². The van der Waals surface area contributed by atoms with Gasteiger partial charge in [-0.25, -0.2) is 4.68 Å². The molecular formula is C27H30N4O4. The maximum absolute atomic E-state index is 13.6. The van der Waals surface area contributed by atoms with Gasteiger partial charge in [0.25, 0.3) is 0 Å². The molecule has 0 saturated carbocycles. The number of hydrogen-bond acceptors (Lipinski definition) is 7. The van der Waals surface area contributed by atoms with Gasteiger partial charge in [0.1, 0.15) is 6.04 Å². The minimum absolute atomic E-state index is 0.0982. The zero-order chi connectivity index (χ0) is 24.9. The fraction of sp³-hybridized carbons (Fsp3) is 0.370. The molecule has 2 aromatic carbocycles. The largest absolute Gasteiger partial charge is 0.493 e. The molecule has 0 radical (unpaired) electrons. The molecule has 0 spiro atoms. The maximum atomic E-state index is 13.6. The molecule has 2 heterocycles. The molecule has 1 aliphatic heterocycles. The van der Waals surface area contributed by atoms with E-state index in [0.717, 1.165) is 28.8 Å². The van der Waals surface area contributed by atoms with Crippen LogP contribution in [0.5, 0.6) is 17.2 Å². The number of Topliss-reactive ketones (excluding diaryl/α,β-unsaturated/α-hetero) is 1. The third-order valence-corrected chi connectivity index (χ3v) is 6.72. The van der Waals surface area contributed by atoms with E-state index >= 15 is 0 Å². The Hall–Kier alpha value is -3.81. The molecule has 8 heteroatoms. The van der Waals surface area contributed by atoms with Crippen LogP contribution in [-0.2, 0) is 4.79 Å². The number of hydrogen-bond donors (Lipinski definition) is 1. The van der Waals surface area contributed by atoms with E-state index in [9.17, 15) is 4.79 Å². The van der Waals surface area contributed by atoms with Crippen LogP contribution in [0.4, 0.5) is 5.95 Å². The maximum Gasteiger partial charge on any atom is 0.226 e. The average molecular weight is 475 g/mol. The second kappa shape index (κ2) is 8.45. The van der Waals surface area contributed by atoms with Gasteiger partial charge in [0.05, 0.1) is 21.3 Å². The molecule has 1 atom stereocenters. The molecule has 35 heavy (non-hydrogen) atoms. The fourth-order valence-corrected chi connectivity index (χ4v) is 5.11. The Bertz CT molecular complexity index is 1330. The van der Waals surface area contributed by atoms with Gasteiger partial charge >= 0.3 is 0 Å². The van der Waals surface area contributed by atoms with Crippen molar-refractivity contribution in [3.05, 3.63) is 58.8 Å². The second-order valence-electron chi connectivity index (χ2n) is 9.84. The first-order valence-corrected chi connectivity index (χ1v) is 11.6. The molecule has 1 aliphatic carbocycles. The molecule has 5 rings (SSSR count). The van der Waals surface area contributed by atoms with Crippen molar-refractivity contribution in [2.24, 2.45) is 5.41 Å². The van der Waals surface area contributed by atoms with Gasteiger partial charge < -0.3 is 19.5 Å². The Morgan fingerprint density at radius 3 is 2.34 bits per heavy atom. The highest BCUT2D eigenvalue weighted by Gasteiger charge is 2.42. The number of nitrogens with one attached hydrogen (secondary N) is 1. The zero-order valence-corrected chi connectivity index (χ0v) is 20.9. The minimum Gasteiger partial charge on any atom is -0.493 e. The first-order valence-electron chi connectivity index (χ1n) is 11.6. The van der Waals surface area contributed by atoms with Crippen molar-refractivity contribution in [1.29, 1.82) is 0 Å². The smallest absolute Gasteiger partial charge is 0.226 e. The third kappa shape index (κ3) is 3.83. The Morgan fingerprint density at radius 2 is 1.71 bits per heavy atom. The third-order valence-electron chi connectivity index (χ3n) is 6.72. The molecule has 8 nitrogen and oxygen atoms in total. The number of allylic oxidation sites excluding steroid dienone is 2. The summed E-state index contributed by atoms with van der Waals surface area (Å²) in [6, 6.07) is 11.3. The van der Waals surface area contributed by atoms with Gasteiger partial charge in [-0.1, -0.05) is 38.1 Å². The van der Waals surface area contributed by atoms with Gasteiger partial charge in [0.15, 0.2) is 23.1 Å². The van der Waals surface area contributed by atoms with Crippen LogP contribution >= 0.6 is 0 Å². The number of carbonyl (C=O) groups excluding carboxylic acids is 1. The van der Waals surface area contributed by atoms with Crippen LogP contribution in [0.1, 0.15) is 43.9 Å². The van der Waals surface area contributed by atoms with E-state index in [2.05, 4.69) is 19.2 Å². The summed E-state index contributed by atoms with van der Waals surface area (Å²) >= 11 is 0. The van der Waals surface area contributed by atoms with Crippen LogP contribution in [0, 0.1) is 12.3 Å². The number of nitrogens with zero attached hydrogens (tertiary/aromatic N) is 3. The molecule has 0 bridgehead atoms. The lowest BCUT2D eigenvalue weighted by Gasteiger charge is -2.38. The molecule has 1 unspecified atom stereocenters. The highest BCUT2D eigenvalue weighted by molar-refractivity contribution is 6.00. The van der Waals surface area contributed by atoms with Gasteiger partial charge in [-0.05, 0) is 42.0 Å². The van der Waals surface area contributed by atoms with Gasteiger partial charge in [-0.15, -0.1) is 5.10 Å². The average Bonchev–Trinajstić information content (AvgIpc) is 3.24. The molecule has 182 valence electrons. The van der Waals surface area contributed by atoms with Crippen molar-refractivity contribution in [2.75, 3.05) is 26.6 Å². The van der Waals surface area contributed by atoms with Crippen LogP contribution in [0.25, 0.3) is 11.4 Å². The number of fused-ring (bicyclic) bond motifs is 1. The molecule has 1 aromatic heterocycles. The van der Waals surface area contributed by atoms with Crippen molar-refractivity contribution in [3.63, 3.8) is 0 Å². The summed E-state index contributed by atoms with van der Waals surface area (Å²) in [5.41, 5.74) is 4.28. The number of anilines is 1. The Kier molecular flexibility index (Phi) is 5.54. The number of ketones is 1. The number of methoxy groups -OCH3 is 3. The molecular weight excluding hydrogens is 444 g/mol. The quantitative estimate of drug-likeness (QED) is 0.561. The first kappa shape index (κ1) is 23.0. The summed E-state index contributed by atoms with van der Waals surface area (Å²) in [5, 5.41) is 8.33. The summed E-state index contributed by atoms with van der Waals surface area (Å²) in [5.74, 6) is 2.85. The summed E-state index contributed by atoms with van der Waals surface area (Å²) in [6.07, 6.45) is 1.20. The summed E-state index contributed by atoms with van der Waals surface area (Å²) < 4.78 is 18.6. The van der Waals surface area contributed by atoms with Crippen LogP contribution in [0.2, 0.25) is 0 Å². The summed E-state index contributed by atoms with van der Waals surface area (Å²) in [7, 11) is 4.74. The second-order valence-corrected chi connectivity index (χ2v) is 9.84. The number of rotatable bonds is 5. The van der Waals surface area contributed by atoms with E-state index in [-0.39, 0.29) is 11.2 Å². The van der Waals surface area contributed by atoms with Crippen molar-refractivity contribution >= 4 is 11.7 Å². The normalized spacial score (nSPS) is 18.5. The molecule has 0 fully saturated rings. The first-order chi connectivity index (χ1) is 16.8. The van der Waals surface area contributed by atoms with E-state index in [1.165, 1.54) is 0 Å². The van der Waals surface area contributed by atoms with E-state index < -0.39 is 6.04 Å². The number of ether oxygens (including phenoxy) is 3. The van der Waals surface area contributed by atoms with Crippen molar-refractivity contribution in [1.82, 2.24) is 14.8 Å². The van der Waals surface area contributed by atoms with Crippen LogP contribution in [-0.4, -0.2) is 41.9 Å². The van der Waals surface area contributed by atoms with E-state index in [0.29, 0.717) is 41.0 Å². The van der Waals surface area contributed by atoms with E-state index in [1.54, 1.807) is 26.0 Å². The molecule has 2 aliphatic rings. The predicted octanol–water partition coefficient (Wildman–Crippen LogP) is 4.94. The number of benzene rings is 2. The number of aryl methyl sites for hydroxylation is 1. The van der Waals surface area contributed by atoms with Gasteiger partial charge in [-0.2, -0.15) is 4.98 Å². The van der Waals surface area contributed by atoms with Gasteiger partial charge in [0.2, 0.25) is 11.7 Å². The van der Waals surface area contributed by atoms with E-state index in [1.807, 2.05) is 43.3 Å². The lowest BCUT2D eigenvalue weighted by Crippen LogP contribution is -2.36. The monoisotopic (exact) mass is 474 g/mol. The lowest BCUT2D eigenvalue weighted by molar-refractivity contribution is -0.118. The van der Waals surface area contributed by atoms with Crippen molar-refractivity contribution < 1.29 is 19.0 Å². The molecule has 0 amide bonds. The Labute approximate surface area is 204 Å². The fourth-order valence-electron chi connectivity index (χ4n) is 5.11. The van der Waals surface area contributed by atoms with Crippen molar-refractivity contribution in [2.45, 2.75) is 39.7 Å². The predicted molar refractivity (Wildman–Crippen MR) is 133 cm³/mol. The molecule has 1 N–H and O–H groups in total. The van der Waals surface area contributed by atoms with Crippen molar-refractivity contribution in [3.8, 4) is 28.6 Å². The summed E-state index contributed by atoms with van der Waals surface area (Å²) in [4.78, 5) is 18.4. The zero-order valence-electron chi connectivity index (χ0n) is 20.9.